The van der Waals surface area contributed by atoms with Crippen LogP contribution < -0.4 is 5.32 Å². The molecule has 0 aromatic rings. The third-order valence-corrected chi connectivity index (χ3v) is 11.3. The summed E-state index contributed by atoms with van der Waals surface area (Å²) in [6, 6.07) is 0. The maximum atomic E-state index is 12.2. The van der Waals surface area contributed by atoms with Crippen molar-refractivity contribution in [3.8, 4) is 0 Å². The zero-order valence-electron chi connectivity index (χ0n) is 22.7. The maximum Gasteiger partial charge on any atom is 0.306 e. The number of carbonyl (C=O) groups is 2. The Kier molecular flexibility index (Phi) is 7.05. The van der Waals surface area contributed by atoms with Crippen molar-refractivity contribution in [1.82, 2.24) is 5.32 Å². The number of fused-ring (bicyclic) bond motifs is 5. The molecular weight excluding hydrogens is 468 g/mol. The minimum absolute atomic E-state index is 0.0226. The molecule has 0 aliphatic heterocycles. The molecule has 0 spiro atoms. The number of carboxylic acid groups (broad SMARTS) is 1. The predicted octanol–water partition coefficient (Wildman–Crippen LogP) is 4.86. The van der Waals surface area contributed by atoms with Gasteiger partial charge < -0.3 is 20.4 Å². The van der Waals surface area contributed by atoms with E-state index in [2.05, 4.69) is 43.4 Å². The third kappa shape index (κ3) is 4.77. The lowest BCUT2D eigenvalue weighted by molar-refractivity contribution is -0.143. The van der Waals surface area contributed by atoms with Crippen LogP contribution in [-0.4, -0.2) is 46.6 Å². The van der Waals surface area contributed by atoms with E-state index in [1.807, 2.05) is 6.08 Å². The summed E-state index contributed by atoms with van der Waals surface area (Å²) in [5, 5.41) is 27.4. The molecule has 0 unspecified atom stereocenters. The van der Waals surface area contributed by atoms with Crippen LogP contribution in [0.15, 0.2) is 29.0 Å². The number of allylic oxidation sites excluding steroid dienone is 4. The number of hydrogen-bond donors (Lipinski definition) is 3. The molecule has 7 nitrogen and oxygen atoms in total. The van der Waals surface area contributed by atoms with E-state index in [1.54, 1.807) is 0 Å². The van der Waals surface area contributed by atoms with E-state index in [0.717, 1.165) is 50.7 Å². The van der Waals surface area contributed by atoms with Crippen molar-refractivity contribution in [3.63, 3.8) is 0 Å². The summed E-state index contributed by atoms with van der Waals surface area (Å²) in [6.45, 7) is 7.20. The van der Waals surface area contributed by atoms with Crippen LogP contribution in [0.5, 0.6) is 0 Å². The summed E-state index contributed by atoms with van der Waals surface area (Å²) >= 11 is 0. The Morgan fingerprint density at radius 1 is 1.05 bits per heavy atom. The number of oxime groups is 1. The van der Waals surface area contributed by atoms with Gasteiger partial charge in [0.05, 0.1) is 11.5 Å². The Bertz CT molecular complexity index is 1010. The van der Waals surface area contributed by atoms with E-state index in [0.29, 0.717) is 43.1 Å². The molecular formula is C30H44N2O5. The second-order valence-corrected chi connectivity index (χ2v) is 13.1. The lowest BCUT2D eigenvalue weighted by Crippen LogP contribution is -2.53. The number of nitrogens with one attached hydrogen (secondary N) is 1. The highest BCUT2D eigenvalue weighted by Gasteiger charge is 2.61. The zero-order chi connectivity index (χ0) is 26.4. The molecule has 0 saturated heterocycles. The molecule has 37 heavy (non-hydrogen) atoms. The molecule has 5 aliphatic carbocycles. The van der Waals surface area contributed by atoms with E-state index >= 15 is 0 Å². The van der Waals surface area contributed by atoms with Gasteiger partial charge in [0, 0.05) is 12.0 Å². The van der Waals surface area contributed by atoms with E-state index in [-0.39, 0.29) is 29.3 Å². The maximum absolute atomic E-state index is 12.2. The Labute approximate surface area is 220 Å². The quantitative estimate of drug-likeness (QED) is 0.441. The van der Waals surface area contributed by atoms with Crippen LogP contribution in [0.25, 0.3) is 0 Å². The van der Waals surface area contributed by atoms with Crippen molar-refractivity contribution >= 4 is 17.6 Å². The number of carbonyl (C=O) groups excluding carboxylic acids is 1. The van der Waals surface area contributed by atoms with Gasteiger partial charge >= 0.3 is 5.97 Å². The SMILES string of the molecule is C[C@]12C=C/C(=N\OCC(=O)NCC3CCC(C(=O)O)CC3)C=C1CC[C@H]1[C@@H]2CC[C@@]2(C)[C@H]1CC[C@]2(C)O. The Balaban J connectivity index is 1.13. The van der Waals surface area contributed by atoms with Gasteiger partial charge in [-0.25, -0.2) is 0 Å². The average molecular weight is 513 g/mol. The van der Waals surface area contributed by atoms with Crippen LogP contribution in [0.1, 0.15) is 85.0 Å². The summed E-state index contributed by atoms with van der Waals surface area (Å²) in [4.78, 5) is 28.7. The third-order valence-electron chi connectivity index (χ3n) is 11.3. The van der Waals surface area contributed by atoms with Crippen molar-refractivity contribution in [2.75, 3.05) is 13.2 Å². The summed E-state index contributed by atoms with van der Waals surface area (Å²) in [5.74, 6) is 1.03. The normalized spacial score (nSPS) is 43.8. The highest BCUT2D eigenvalue weighted by Crippen LogP contribution is 2.66. The summed E-state index contributed by atoms with van der Waals surface area (Å²) < 4.78 is 0. The molecule has 0 heterocycles. The molecule has 4 fully saturated rings. The Hall–Kier alpha value is -2.15. The zero-order valence-corrected chi connectivity index (χ0v) is 22.7. The van der Waals surface area contributed by atoms with Crippen LogP contribution in [0, 0.1) is 40.4 Å². The van der Waals surface area contributed by atoms with Crippen molar-refractivity contribution in [2.24, 2.45) is 45.6 Å². The average Bonchev–Trinajstić information content (AvgIpc) is 3.11. The fourth-order valence-electron chi connectivity index (χ4n) is 8.60. The lowest BCUT2D eigenvalue weighted by atomic mass is 9.47. The van der Waals surface area contributed by atoms with Crippen LogP contribution in [0.2, 0.25) is 0 Å². The first-order valence-electron chi connectivity index (χ1n) is 14.4. The molecule has 0 radical (unpaired) electrons. The molecule has 4 saturated carbocycles. The first kappa shape index (κ1) is 26.5. The molecule has 0 bridgehead atoms. The van der Waals surface area contributed by atoms with Crippen molar-refractivity contribution in [3.05, 3.63) is 23.8 Å². The van der Waals surface area contributed by atoms with Crippen LogP contribution in [0.3, 0.4) is 0 Å². The lowest BCUT2D eigenvalue weighted by Gasteiger charge is -2.58. The molecule has 1 amide bonds. The van der Waals surface area contributed by atoms with Crippen LogP contribution in [0.4, 0.5) is 0 Å². The molecule has 7 heteroatoms. The summed E-state index contributed by atoms with van der Waals surface area (Å²) in [5.41, 5.74) is 1.67. The molecule has 0 aromatic carbocycles. The van der Waals surface area contributed by atoms with E-state index in [4.69, 9.17) is 9.94 Å². The van der Waals surface area contributed by atoms with Crippen molar-refractivity contribution < 1.29 is 24.6 Å². The number of aliphatic hydroxyl groups is 1. The number of nitrogens with zero attached hydrogens (tertiary/aromatic N) is 1. The molecule has 5 aliphatic rings. The minimum atomic E-state index is -0.708. The van der Waals surface area contributed by atoms with E-state index in [1.165, 1.54) is 12.0 Å². The minimum Gasteiger partial charge on any atom is -0.481 e. The number of hydrogen-bond acceptors (Lipinski definition) is 5. The molecule has 204 valence electrons. The molecule has 5 rings (SSSR count). The summed E-state index contributed by atoms with van der Waals surface area (Å²) in [7, 11) is 0. The second-order valence-electron chi connectivity index (χ2n) is 13.1. The van der Waals surface area contributed by atoms with Crippen LogP contribution in [-0.2, 0) is 14.4 Å². The number of amides is 1. The van der Waals surface area contributed by atoms with Gasteiger partial charge in [-0.05, 0) is 112 Å². The van der Waals surface area contributed by atoms with Crippen molar-refractivity contribution in [2.45, 2.75) is 90.6 Å². The van der Waals surface area contributed by atoms with Gasteiger partial charge in [0.1, 0.15) is 5.71 Å². The summed E-state index contributed by atoms with van der Waals surface area (Å²) in [6.07, 6.45) is 16.0. The molecule has 3 N–H and O–H groups in total. The second kappa shape index (κ2) is 9.87. The number of rotatable bonds is 6. The highest BCUT2D eigenvalue weighted by atomic mass is 16.6. The van der Waals surface area contributed by atoms with E-state index < -0.39 is 11.6 Å². The Morgan fingerprint density at radius 2 is 1.78 bits per heavy atom. The largest absolute Gasteiger partial charge is 0.481 e. The first-order valence-corrected chi connectivity index (χ1v) is 14.4. The topological polar surface area (TPSA) is 108 Å². The van der Waals surface area contributed by atoms with Gasteiger partial charge in [0.2, 0.25) is 0 Å². The smallest absolute Gasteiger partial charge is 0.306 e. The van der Waals surface area contributed by atoms with Crippen LogP contribution >= 0.6 is 0 Å². The van der Waals surface area contributed by atoms with Gasteiger partial charge in [-0.3, -0.25) is 9.59 Å². The standard InChI is InChI=1S/C30H44N2O5/c1-28-13-10-22(32-37-18-26(33)31-17-19-4-6-20(7-5-19)27(34)35)16-21(28)8-9-23-24(28)11-14-29(2)25(23)12-15-30(29,3)36/h10,13,16,19-20,23-25,36H,4-9,11-12,14-15,17-18H2,1-3H3,(H,31,33)(H,34,35)/b32-22+/t19?,20?,23-,24-,25-,28-,29-,30-/m0/s1. The number of carboxylic acids is 1. The molecule has 0 aromatic heterocycles. The highest BCUT2D eigenvalue weighted by molar-refractivity contribution is 6.05. The van der Waals surface area contributed by atoms with Gasteiger partial charge in [0.15, 0.2) is 6.61 Å². The van der Waals surface area contributed by atoms with Gasteiger partial charge in [0.25, 0.3) is 5.91 Å². The van der Waals surface area contributed by atoms with Gasteiger partial charge in [-0.15, -0.1) is 0 Å². The van der Waals surface area contributed by atoms with Gasteiger partial charge in [-0.1, -0.05) is 30.7 Å². The predicted molar refractivity (Wildman–Crippen MR) is 142 cm³/mol. The van der Waals surface area contributed by atoms with E-state index in [9.17, 15) is 14.7 Å². The van der Waals surface area contributed by atoms with Crippen molar-refractivity contribution in [1.29, 1.82) is 0 Å². The fourth-order valence-corrected chi connectivity index (χ4v) is 8.60. The first-order chi connectivity index (χ1) is 17.5. The molecule has 6 atom stereocenters. The monoisotopic (exact) mass is 512 g/mol. The Morgan fingerprint density at radius 3 is 2.51 bits per heavy atom. The number of aliphatic carboxylic acids is 1. The van der Waals surface area contributed by atoms with Gasteiger partial charge in [-0.2, -0.15) is 0 Å². The fraction of sp³-hybridized carbons (Fsp3) is 0.767.